The molecule has 3 heterocycles. The van der Waals surface area contributed by atoms with E-state index in [1.807, 2.05) is 6.92 Å². The first-order chi connectivity index (χ1) is 18.8. The van der Waals surface area contributed by atoms with Crippen molar-refractivity contribution in [2.24, 2.45) is 5.73 Å². The zero-order valence-corrected chi connectivity index (χ0v) is 22.7. The van der Waals surface area contributed by atoms with Gasteiger partial charge in [-0.2, -0.15) is 0 Å². The number of hydrogen-bond donors (Lipinski definition) is 4. The molecule has 1 saturated heterocycles. The lowest BCUT2D eigenvalue weighted by Gasteiger charge is -2.34. The molecule has 39 heavy (non-hydrogen) atoms. The van der Waals surface area contributed by atoms with Gasteiger partial charge in [0.2, 0.25) is 11.8 Å². The second-order valence-corrected chi connectivity index (χ2v) is 10.4. The summed E-state index contributed by atoms with van der Waals surface area (Å²) in [6.07, 6.45) is 10.6. The van der Waals surface area contributed by atoms with Crippen molar-refractivity contribution in [1.82, 2.24) is 14.8 Å². The van der Waals surface area contributed by atoms with Gasteiger partial charge < -0.3 is 26.3 Å². The first kappa shape index (κ1) is 28.5. The van der Waals surface area contributed by atoms with E-state index in [9.17, 15) is 18.8 Å². The third-order valence-electron chi connectivity index (χ3n) is 7.49. The zero-order valence-electron chi connectivity index (χ0n) is 22.7. The summed E-state index contributed by atoms with van der Waals surface area (Å²) in [5, 5.41) is 5.73. The zero-order chi connectivity index (χ0) is 27.8. The Bertz CT molecular complexity index is 1220. The summed E-state index contributed by atoms with van der Waals surface area (Å²) < 4.78 is 13.7. The summed E-state index contributed by atoms with van der Waals surface area (Å²) in [6.45, 7) is 6.91. The topological polar surface area (TPSA) is 124 Å². The number of piperazine rings is 1. The van der Waals surface area contributed by atoms with E-state index >= 15 is 0 Å². The van der Waals surface area contributed by atoms with Gasteiger partial charge in [-0.1, -0.05) is 25.7 Å². The second-order valence-electron chi connectivity index (χ2n) is 10.4. The summed E-state index contributed by atoms with van der Waals surface area (Å²) in [5.74, 6) is -0.979. The summed E-state index contributed by atoms with van der Waals surface area (Å²) in [4.78, 5) is 43.7. The molecule has 0 radical (unpaired) electrons. The Balaban J connectivity index is 1.18. The van der Waals surface area contributed by atoms with Crippen LogP contribution in [0.1, 0.15) is 61.8 Å². The molecule has 3 amide bonds. The molecule has 2 aliphatic heterocycles. The van der Waals surface area contributed by atoms with Crippen LogP contribution in [0.4, 0.5) is 15.8 Å². The fourth-order valence-electron chi connectivity index (χ4n) is 5.14. The van der Waals surface area contributed by atoms with Gasteiger partial charge >= 0.3 is 0 Å². The molecule has 1 fully saturated rings. The molecule has 1 aromatic heterocycles. The van der Waals surface area contributed by atoms with Crippen molar-refractivity contribution < 1.29 is 18.8 Å². The smallest absolute Gasteiger partial charge is 0.256 e. The highest BCUT2D eigenvalue weighted by Gasteiger charge is 2.25. The number of benzene rings is 1. The number of carbonyl (C=O) groups is 3. The summed E-state index contributed by atoms with van der Waals surface area (Å²) in [7, 11) is 0. The molecule has 2 aliphatic rings. The monoisotopic (exact) mass is 538 g/mol. The van der Waals surface area contributed by atoms with E-state index in [4.69, 9.17) is 5.73 Å². The predicted molar refractivity (Wildman–Crippen MR) is 151 cm³/mol. The summed E-state index contributed by atoms with van der Waals surface area (Å²) in [6, 6.07) is 4.21. The van der Waals surface area contributed by atoms with Crippen molar-refractivity contribution in [3.63, 3.8) is 0 Å². The van der Waals surface area contributed by atoms with Crippen molar-refractivity contribution in [2.45, 2.75) is 51.9 Å². The quantitative estimate of drug-likeness (QED) is 0.229. The van der Waals surface area contributed by atoms with Gasteiger partial charge in [0.25, 0.3) is 5.91 Å². The van der Waals surface area contributed by atoms with Gasteiger partial charge in [0, 0.05) is 55.7 Å². The Labute approximate surface area is 229 Å². The number of amides is 3. The normalized spacial score (nSPS) is 16.9. The van der Waals surface area contributed by atoms with E-state index in [1.165, 1.54) is 31.4 Å². The average Bonchev–Trinajstić information content (AvgIpc) is 3.40. The lowest BCUT2D eigenvalue weighted by Crippen LogP contribution is -2.48. The number of H-pyrrole nitrogens is 1. The molecule has 0 aliphatic carbocycles. The highest BCUT2D eigenvalue weighted by molar-refractivity contribution is 6.34. The number of rotatable bonds is 13. The van der Waals surface area contributed by atoms with E-state index in [0.29, 0.717) is 41.2 Å². The van der Waals surface area contributed by atoms with Crippen molar-refractivity contribution in [3.05, 3.63) is 47.0 Å². The number of halogens is 1. The van der Waals surface area contributed by atoms with E-state index in [-0.39, 0.29) is 17.7 Å². The maximum absolute atomic E-state index is 13.7. The van der Waals surface area contributed by atoms with Crippen LogP contribution in [0.5, 0.6) is 0 Å². The first-order valence-corrected chi connectivity index (χ1v) is 13.8. The molecular formula is C29H39FN6O3. The van der Waals surface area contributed by atoms with E-state index in [2.05, 4.69) is 25.4 Å². The number of aromatic nitrogens is 1. The van der Waals surface area contributed by atoms with Crippen molar-refractivity contribution in [2.75, 3.05) is 49.9 Å². The molecule has 9 nitrogen and oxygen atoms in total. The highest BCUT2D eigenvalue weighted by Crippen LogP contribution is 2.34. The van der Waals surface area contributed by atoms with E-state index < -0.39 is 5.82 Å². The van der Waals surface area contributed by atoms with Crippen LogP contribution in [0.3, 0.4) is 0 Å². The van der Waals surface area contributed by atoms with Crippen LogP contribution in [-0.4, -0.2) is 71.8 Å². The van der Waals surface area contributed by atoms with Crippen LogP contribution in [0.25, 0.3) is 11.6 Å². The molecular weight excluding hydrogens is 499 g/mol. The number of fused-ring (bicyclic) bond motifs is 1. The number of hydrogen-bond acceptors (Lipinski definition) is 5. The maximum Gasteiger partial charge on any atom is 0.256 e. The van der Waals surface area contributed by atoms with Crippen molar-refractivity contribution in [1.29, 1.82) is 0 Å². The number of unbranched alkanes of at least 4 members (excludes halogenated alkanes) is 5. The number of nitrogens with one attached hydrogen (secondary N) is 3. The van der Waals surface area contributed by atoms with Crippen LogP contribution in [0, 0.1) is 12.7 Å². The number of carbonyl (C=O) groups excluding carboxylic acids is 3. The van der Waals surface area contributed by atoms with Crippen LogP contribution in [0.2, 0.25) is 0 Å². The molecule has 0 unspecified atom stereocenters. The average molecular weight is 539 g/mol. The molecule has 0 atom stereocenters. The Morgan fingerprint density at radius 2 is 1.74 bits per heavy atom. The highest BCUT2D eigenvalue weighted by atomic mass is 19.1. The van der Waals surface area contributed by atoms with Crippen LogP contribution in [0.15, 0.2) is 24.4 Å². The third kappa shape index (κ3) is 8.00. The molecule has 4 rings (SSSR count). The fourth-order valence-corrected chi connectivity index (χ4v) is 5.14. The Morgan fingerprint density at radius 1 is 1.05 bits per heavy atom. The number of primary amides is 1. The standard InChI is InChI=1S/C29H39FN6O3/c1-20-25(17-23-22-16-21(30)9-10-24(22)34-29(23)39)32-18-26(20)33-28(38)19-36-14-12-35(13-15-36)11-7-5-3-2-4-6-8-27(31)37/h9-10,16-18,32H,2-8,11-15,19H2,1H3,(H2,31,37)(H,33,38)(H,34,39). The summed E-state index contributed by atoms with van der Waals surface area (Å²) >= 11 is 0. The van der Waals surface area contributed by atoms with Gasteiger partial charge in [0.15, 0.2) is 0 Å². The molecule has 0 bridgehead atoms. The van der Waals surface area contributed by atoms with Gasteiger partial charge in [-0.05, 0) is 56.1 Å². The van der Waals surface area contributed by atoms with Gasteiger partial charge in [-0.3, -0.25) is 19.3 Å². The van der Waals surface area contributed by atoms with Crippen LogP contribution in [-0.2, 0) is 14.4 Å². The summed E-state index contributed by atoms with van der Waals surface area (Å²) in [5.41, 5.74) is 8.82. The van der Waals surface area contributed by atoms with Gasteiger partial charge in [0.1, 0.15) is 5.82 Å². The van der Waals surface area contributed by atoms with Crippen LogP contribution >= 0.6 is 0 Å². The van der Waals surface area contributed by atoms with Gasteiger partial charge in [-0.15, -0.1) is 0 Å². The maximum atomic E-state index is 13.7. The molecule has 210 valence electrons. The Kier molecular flexibility index (Phi) is 9.89. The minimum absolute atomic E-state index is 0.0767. The number of nitrogens with two attached hydrogens (primary N) is 1. The molecule has 10 heteroatoms. The Hall–Kier alpha value is -3.50. The number of aromatic amines is 1. The predicted octanol–water partition coefficient (Wildman–Crippen LogP) is 3.73. The number of anilines is 2. The fraction of sp³-hybridized carbons (Fsp3) is 0.483. The minimum atomic E-state index is -0.404. The van der Waals surface area contributed by atoms with E-state index in [1.54, 1.807) is 18.3 Å². The first-order valence-electron chi connectivity index (χ1n) is 13.8. The molecule has 5 N–H and O–H groups in total. The van der Waals surface area contributed by atoms with Gasteiger partial charge in [0.05, 0.1) is 17.8 Å². The third-order valence-corrected chi connectivity index (χ3v) is 7.49. The molecule has 1 aromatic carbocycles. The van der Waals surface area contributed by atoms with Gasteiger partial charge in [-0.25, -0.2) is 4.39 Å². The van der Waals surface area contributed by atoms with E-state index in [0.717, 1.165) is 57.5 Å². The number of nitrogens with zero attached hydrogens (tertiary/aromatic N) is 2. The van der Waals surface area contributed by atoms with Crippen molar-refractivity contribution >= 4 is 40.7 Å². The lowest BCUT2D eigenvalue weighted by atomic mass is 10.0. The molecule has 0 saturated carbocycles. The van der Waals surface area contributed by atoms with Crippen LogP contribution < -0.4 is 16.4 Å². The lowest BCUT2D eigenvalue weighted by molar-refractivity contribution is -0.118. The SMILES string of the molecule is Cc1c(NC(=O)CN2CCN(CCCCCCCCC(N)=O)CC2)c[nH]c1C=C1C(=O)Nc2ccc(F)cc21. The molecule has 2 aromatic rings. The van der Waals surface area contributed by atoms with Crippen molar-refractivity contribution in [3.8, 4) is 0 Å². The Morgan fingerprint density at radius 3 is 2.49 bits per heavy atom. The largest absolute Gasteiger partial charge is 0.370 e. The molecule has 0 spiro atoms. The minimum Gasteiger partial charge on any atom is -0.370 e. The second kappa shape index (κ2) is 13.5.